The lowest BCUT2D eigenvalue weighted by Gasteiger charge is -2.63. The molecule has 0 amide bonds. The molecule has 214 valence electrons. The minimum Gasteiger partial charge on any atom is -0.105 e. The Hall–Kier alpha value is 1.66. The molecule has 0 saturated carbocycles. The van der Waals surface area contributed by atoms with Crippen molar-refractivity contribution in [3.63, 3.8) is 0 Å². The first-order valence-electron chi connectivity index (χ1n) is 13.8. The van der Waals surface area contributed by atoms with E-state index in [0.29, 0.717) is 8.57 Å². The lowest BCUT2D eigenvalue weighted by Crippen LogP contribution is -2.71. The number of hydrogen-bond acceptors (Lipinski definition) is 0. The Balaban J connectivity index is 2.94. The van der Waals surface area contributed by atoms with Gasteiger partial charge in [0.05, 0.1) is 0 Å². The zero-order valence-corrected chi connectivity index (χ0v) is 38.0. The fourth-order valence-corrected chi connectivity index (χ4v) is 97.9. The lowest BCUT2D eigenvalue weighted by atomic mass is 10.3. The van der Waals surface area contributed by atoms with E-state index in [1.54, 1.807) is 0 Å². The second-order valence-corrected chi connectivity index (χ2v) is 65.4. The Morgan fingerprint density at radius 3 is 0.816 bits per heavy atom. The molecule has 0 radical (unpaired) electrons. The molecule has 0 nitrogen and oxygen atoms in total. The van der Waals surface area contributed by atoms with Gasteiger partial charge in [-0.1, -0.05) is 152 Å². The maximum atomic E-state index is 4.59. The summed E-state index contributed by atoms with van der Waals surface area (Å²) < 4.78 is 0.611. The van der Waals surface area contributed by atoms with Crippen molar-refractivity contribution < 1.29 is 0 Å². The van der Waals surface area contributed by atoms with E-state index in [2.05, 4.69) is 200 Å². The first-order chi connectivity index (χ1) is 16.9. The quantitative estimate of drug-likeness (QED) is 0.156. The van der Waals surface area contributed by atoms with Gasteiger partial charge in [0.15, 0.2) is 0 Å². The van der Waals surface area contributed by atoms with Crippen LogP contribution < -0.4 is 10.4 Å². The van der Waals surface area contributed by atoms with E-state index in [1.165, 1.54) is 23.2 Å². The van der Waals surface area contributed by atoms with Crippen molar-refractivity contribution >= 4 is 114 Å². The largest absolute Gasteiger partial charge is 0.231 e. The molecule has 0 aliphatic rings. The van der Waals surface area contributed by atoms with E-state index in [0.717, 1.165) is 0 Å². The highest BCUT2D eigenvalue weighted by Crippen LogP contribution is 2.67. The van der Waals surface area contributed by atoms with Gasteiger partial charge in [-0.2, -0.15) is 0 Å². The first-order valence-corrected chi connectivity index (χ1v) is 40.8. The van der Waals surface area contributed by atoms with E-state index in [9.17, 15) is 0 Å². The van der Waals surface area contributed by atoms with Crippen molar-refractivity contribution in [2.45, 2.75) is 100.0 Å². The molecule has 0 N–H and O–H groups in total. The van der Waals surface area contributed by atoms with Crippen molar-refractivity contribution in [1.29, 1.82) is 0 Å². The third kappa shape index (κ3) is 6.16. The van der Waals surface area contributed by atoms with Gasteiger partial charge in [-0.15, -0.1) is 61.2 Å². The molecule has 0 aliphatic heterocycles. The minimum atomic E-state index is -2.22. The van der Waals surface area contributed by atoms with Crippen molar-refractivity contribution in [3.05, 3.63) is 60.7 Å². The molecule has 2 rings (SSSR count). The van der Waals surface area contributed by atoms with Crippen LogP contribution in [0, 0.1) is 0 Å². The van der Waals surface area contributed by atoms with Crippen LogP contribution in [0.5, 0.6) is 0 Å². The highest BCUT2D eigenvalue weighted by atomic mass is 79.9. The molecule has 2 aromatic carbocycles. The monoisotopic (exact) mass is 870 g/mol. The molecule has 0 aliphatic carbocycles. The highest BCUT2D eigenvalue weighted by molar-refractivity contribution is 9.52. The molecule has 0 atom stereocenters. The summed E-state index contributed by atoms with van der Waals surface area (Å²) in [5, 5.41) is -1.44. The summed E-state index contributed by atoms with van der Waals surface area (Å²) in [4.78, 5) is 0. The Labute approximate surface area is 272 Å². The van der Waals surface area contributed by atoms with Gasteiger partial charge in [0, 0.05) is 32.3 Å². The molecule has 0 saturated heterocycles. The molecule has 38 heavy (non-hydrogen) atoms. The standard InChI is InChI=1S/C28H50Br4Si6/c1-33(2,3)27(34(4,5)6,37(29,30)25-19-15-13-16-20-25)23-24-28(35(7,8)9,36(10,11)12)38(31,32)26-21-17-14-18-22-26/h13-22H,23-24H2,1-12H3. The predicted molar refractivity (Wildman–Crippen MR) is 207 cm³/mol. The molecule has 0 fully saturated rings. The molecule has 0 heterocycles. The Bertz CT molecular complexity index is 947. The van der Waals surface area contributed by atoms with E-state index in [1.807, 2.05) is 0 Å². The summed E-state index contributed by atoms with van der Waals surface area (Å²) in [6.45, 7) is 31.9. The second kappa shape index (κ2) is 12.0. The predicted octanol–water partition coefficient (Wildman–Crippen LogP) is 11.0. The fourth-order valence-electron chi connectivity index (χ4n) is 8.11. The van der Waals surface area contributed by atoms with Crippen LogP contribution in [0.25, 0.3) is 0 Å². The minimum absolute atomic E-state index is 0.306. The Morgan fingerprint density at radius 2 is 0.632 bits per heavy atom. The topological polar surface area (TPSA) is 0 Å². The average Bonchev–Trinajstić information content (AvgIpc) is 2.74. The van der Waals surface area contributed by atoms with Crippen LogP contribution in [-0.2, 0) is 0 Å². The van der Waals surface area contributed by atoms with Crippen LogP contribution >= 0.6 is 61.2 Å². The van der Waals surface area contributed by atoms with Gasteiger partial charge >= 0.3 is 0 Å². The summed E-state index contributed by atoms with van der Waals surface area (Å²) in [5.74, 6) is 0. The van der Waals surface area contributed by atoms with Gasteiger partial charge in [0.2, 0.25) is 10.6 Å². The SMILES string of the molecule is C[Si](C)(C)C(CCC([Si](C)(C)C)([Si](C)(C)C)[Si](Br)(Br)c1ccccc1)([Si](C)(C)C)[Si](Br)(Br)c1ccccc1. The summed E-state index contributed by atoms with van der Waals surface area (Å²) in [6, 6.07) is 22.8. The van der Waals surface area contributed by atoms with Crippen LogP contribution in [0.4, 0.5) is 0 Å². The number of rotatable bonds is 11. The molecule has 0 aromatic heterocycles. The zero-order valence-electron chi connectivity index (χ0n) is 25.7. The molecule has 10 heteroatoms. The lowest BCUT2D eigenvalue weighted by molar-refractivity contribution is 0.687. The maximum Gasteiger partial charge on any atom is 0.231 e. The highest BCUT2D eigenvalue weighted by Gasteiger charge is 2.69. The normalized spacial score (nSPS) is 15.1. The molecule has 0 unspecified atom stereocenters. The van der Waals surface area contributed by atoms with E-state index in [-0.39, 0.29) is 0 Å². The van der Waals surface area contributed by atoms with Gasteiger partial charge in [-0.25, -0.2) is 0 Å². The zero-order chi connectivity index (χ0) is 29.6. The fraction of sp³-hybridized carbons (Fsp3) is 0.571. The van der Waals surface area contributed by atoms with Crippen molar-refractivity contribution in [2.75, 3.05) is 0 Å². The Morgan fingerprint density at radius 1 is 0.421 bits per heavy atom. The van der Waals surface area contributed by atoms with Gasteiger partial charge in [-0.05, 0) is 18.9 Å². The molecule has 0 bridgehead atoms. The number of hydrogen-bond donors (Lipinski definition) is 0. The van der Waals surface area contributed by atoms with Crippen LogP contribution in [0.3, 0.4) is 0 Å². The van der Waals surface area contributed by atoms with Gasteiger partial charge in [0.1, 0.15) is 0 Å². The van der Waals surface area contributed by atoms with Crippen LogP contribution in [-0.4, -0.2) is 42.9 Å². The summed E-state index contributed by atoms with van der Waals surface area (Å²) in [5.41, 5.74) is 0. The molecule has 2 aromatic rings. The van der Waals surface area contributed by atoms with Crippen LogP contribution in [0.1, 0.15) is 12.8 Å². The summed E-state index contributed by atoms with van der Waals surface area (Å²) >= 11 is 18.3. The van der Waals surface area contributed by atoms with Crippen LogP contribution in [0.15, 0.2) is 60.7 Å². The van der Waals surface area contributed by atoms with Crippen molar-refractivity contribution in [1.82, 2.24) is 0 Å². The van der Waals surface area contributed by atoms with E-state index < -0.39 is 42.9 Å². The van der Waals surface area contributed by atoms with Gasteiger partial charge < -0.3 is 0 Å². The van der Waals surface area contributed by atoms with Crippen LogP contribution in [0.2, 0.25) is 87.1 Å². The van der Waals surface area contributed by atoms with Crippen molar-refractivity contribution in [2.24, 2.45) is 0 Å². The maximum absolute atomic E-state index is 4.59. The summed E-state index contributed by atoms with van der Waals surface area (Å²) in [6.07, 6.45) is 2.59. The van der Waals surface area contributed by atoms with E-state index in [4.69, 9.17) is 0 Å². The third-order valence-corrected chi connectivity index (χ3v) is 70.2. The van der Waals surface area contributed by atoms with Gasteiger partial charge in [-0.3, -0.25) is 0 Å². The van der Waals surface area contributed by atoms with E-state index >= 15 is 0 Å². The number of halogens is 4. The van der Waals surface area contributed by atoms with Crippen molar-refractivity contribution in [3.8, 4) is 0 Å². The smallest absolute Gasteiger partial charge is 0.105 e. The Kier molecular flexibility index (Phi) is 11.3. The first kappa shape index (κ1) is 35.9. The molecular weight excluding hydrogens is 824 g/mol. The van der Waals surface area contributed by atoms with Gasteiger partial charge in [0.25, 0.3) is 0 Å². The summed E-state index contributed by atoms with van der Waals surface area (Å²) in [7, 11) is -6.81. The average molecular weight is 875 g/mol. The second-order valence-electron chi connectivity index (χ2n) is 15.2. The molecule has 0 spiro atoms. The number of benzene rings is 2. The third-order valence-electron chi connectivity index (χ3n) is 9.34. The molecular formula is C28H50Br4Si6.